The average Bonchev–Trinajstić information content (AvgIpc) is 2.40. The zero-order valence-corrected chi connectivity index (χ0v) is 9.71. The fourth-order valence-corrected chi connectivity index (χ4v) is 1.38. The number of rotatable bonds is 3. The number of nitrogen functional groups attached to an aromatic ring is 1. The highest BCUT2D eigenvalue weighted by molar-refractivity contribution is 6.01. The second-order valence-electron chi connectivity index (χ2n) is 3.71. The molecule has 2 rings (SSSR count). The van der Waals surface area contributed by atoms with Gasteiger partial charge in [-0.15, -0.1) is 0 Å². The molecular formula is C14H13N3O. The number of hydrogen-bond acceptors (Lipinski definition) is 3. The minimum atomic E-state index is -0.226. The predicted molar refractivity (Wildman–Crippen MR) is 72.8 cm³/mol. The average molecular weight is 239 g/mol. The fourth-order valence-electron chi connectivity index (χ4n) is 1.38. The molecule has 1 aromatic heterocycles. The van der Waals surface area contributed by atoms with E-state index in [9.17, 15) is 4.79 Å². The summed E-state index contributed by atoms with van der Waals surface area (Å²) in [5, 5.41) is 2.65. The van der Waals surface area contributed by atoms with Crippen molar-refractivity contribution in [2.75, 3.05) is 11.1 Å². The number of hydrogen-bond donors (Lipinski definition) is 2. The summed E-state index contributed by atoms with van der Waals surface area (Å²) in [6, 6.07) is 12.9. The highest BCUT2D eigenvalue weighted by Crippen LogP contribution is 2.06. The zero-order chi connectivity index (χ0) is 12.8. The van der Waals surface area contributed by atoms with Crippen LogP contribution in [0, 0.1) is 0 Å². The van der Waals surface area contributed by atoms with Gasteiger partial charge in [0.15, 0.2) is 0 Å². The number of carbonyl (C=O) groups is 1. The lowest BCUT2D eigenvalue weighted by Gasteiger charge is -2.00. The van der Waals surface area contributed by atoms with Crippen LogP contribution in [0.15, 0.2) is 54.7 Å². The van der Waals surface area contributed by atoms with Crippen LogP contribution >= 0.6 is 0 Å². The second kappa shape index (κ2) is 5.63. The molecule has 0 bridgehead atoms. The maximum Gasteiger partial charge on any atom is 0.249 e. The highest BCUT2D eigenvalue weighted by Gasteiger charge is 1.98. The predicted octanol–water partition coefficient (Wildman–Crippen LogP) is 2.32. The molecule has 2 aromatic rings. The molecule has 0 saturated heterocycles. The third-order valence-electron chi connectivity index (χ3n) is 2.26. The molecule has 1 aromatic carbocycles. The molecule has 90 valence electrons. The maximum absolute atomic E-state index is 11.6. The lowest BCUT2D eigenvalue weighted by Crippen LogP contribution is -2.09. The third kappa shape index (κ3) is 3.45. The van der Waals surface area contributed by atoms with Gasteiger partial charge >= 0.3 is 0 Å². The van der Waals surface area contributed by atoms with Gasteiger partial charge in [-0.1, -0.05) is 30.3 Å². The van der Waals surface area contributed by atoms with E-state index in [1.54, 1.807) is 18.2 Å². The molecule has 18 heavy (non-hydrogen) atoms. The molecule has 0 fully saturated rings. The fraction of sp³-hybridized carbons (Fsp3) is 0. The van der Waals surface area contributed by atoms with Crippen molar-refractivity contribution >= 4 is 23.5 Å². The van der Waals surface area contributed by atoms with Gasteiger partial charge in [0.25, 0.3) is 0 Å². The molecule has 0 aliphatic carbocycles. The van der Waals surface area contributed by atoms with Gasteiger partial charge in [-0.05, 0) is 23.8 Å². The summed E-state index contributed by atoms with van der Waals surface area (Å²) < 4.78 is 0. The Morgan fingerprint density at radius 2 is 1.94 bits per heavy atom. The van der Waals surface area contributed by atoms with E-state index in [0.717, 1.165) is 5.56 Å². The van der Waals surface area contributed by atoms with E-state index in [2.05, 4.69) is 10.3 Å². The molecule has 1 heterocycles. The van der Waals surface area contributed by atoms with Crippen molar-refractivity contribution in [1.29, 1.82) is 0 Å². The largest absolute Gasteiger partial charge is 0.397 e. The van der Waals surface area contributed by atoms with E-state index >= 15 is 0 Å². The summed E-state index contributed by atoms with van der Waals surface area (Å²) in [6.07, 6.45) is 4.70. The van der Waals surface area contributed by atoms with Gasteiger partial charge in [-0.3, -0.25) is 4.79 Å². The number of carbonyl (C=O) groups excluding carboxylic acids is 1. The van der Waals surface area contributed by atoms with Gasteiger partial charge in [0.1, 0.15) is 5.82 Å². The van der Waals surface area contributed by atoms with Crippen molar-refractivity contribution < 1.29 is 4.79 Å². The monoisotopic (exact) mass is 239 g/mol. The molecule has 4 heteroatoms. The van der Waals surface area contributed by atoms with Crippen molar-refractivity contribution in [3.05, 3.63) is 60.3 Å². The first-order valence-electron chi connectivity index (χ1n) is 5.50. The quantitative estimate of drug-likeness (QED) is 0.808. The van der Waals surface area contributed by atoms with Crippen LogP contribution in [0.3, 0.4) is 0 Å². The lowest BCUT2D eigenvalue weighted by atomic mass is 10.2. The normalized spacial score (nSPS) is 10.4. The van der Waals surface area contributed by atoms with Gasteiger partial charge in [-0.2, -0.15) is 0 Å². The van der Waals surface area contributed by atoms with Crippen LogP contribution in [0.25, 0.3) is 6.08 Å². The summed E-state index contributed by atoms with van der Waals surface area (Å²) in [5.41, 5.74) is 7.04. The minimum absolute atomic E-state index is 0.226. The molecule has 0 unspecified atom stereocenters. The SMILES string of the molecule is Nc1ccc(NC(=O)/C=C/c2ccccc2)nc1. The van der Waals surface area contributed by atoms with Crippen molar-refractivity contribution in [3.8, 4) is 0 Å². The third-order valence-corrected chi connectivity index (χ3v) is 2.26. The Labute approximate surface area is 105 Å². The molecule has 0 radical (unpaired) electrons. The Balaban J connectivity index is 1.97. The van der Waals surface area contributed by atoms with E-state index in [1.165, 1.54) is 12.3 Å². The first kappa shape index (κ1) is 11.9. The Hall–Kier alpha value is -2.62. The van der Waals surface area contributed by atoms with Gasteiger partial charge < -0.3 is 11.1 Å². The van der Waals surface area contributed by atoms with Crippen molar-refractivity contribution in [1.82, 2.24) is 4.98 Å². The van der Waals surface area contributed by atoms with Crippen LogP contribution in [0.4, 0.5) is 11.5 Å². The number of nitrogens with two attached hydrogens (primary N) is 1. The number of amides is 1. The molecule has 0 saturated carbocycles. The topological polar surface area (TPSA) is 68.0 Å². The molecule has 4 nitrogen and oxygen atoms in total. The second-order valence-corrected chi connectivity index (χ2v) is 3.71. The highest BCUT2D eigenvalue weighted by atomic mass is 16.1. The molecular weight excluding hydrogens is 226 g/mol. The summed E-state index contributed by atoms with van der Waals surface area (Å²) in [4.78, 5) is 15.6. The van der Waals surface area contributed by atoms with Crippen LogP contribution in [-0.4, -0.2) is 10.9 Å². The summed E-state index contributed by atoms with van der Waals surface area (Å²) in [7, 11) is 0. The van der Waals surface area contributed by atoms with E-state index in [0.29, 0.717) is 11.5 Å². The van der Waals surface area contributed by atoms with Crippen molar-refractivity contribution in [2.45, 2.75) is 0 Å². The number of benzene rings is 1. The van der Waals surface area contributed by atoms with Gasteiger partial charge in [0.05, 0.1) is 11.9 Å². The zero-order valence-electron chi connectivity index (χ0n) is 9.71. The Morgan fingerprint density at radius 3 is 2.61 bits per heavy atom. The Morgan fingerprint density at radius 1 is 1.17 bits per heavy atom. The first-order valence-corrected chi connectivity index (χ1v) is 5.50. The number of nitrogens with zero attached hydrogens (tertiary/aromatic N) is 1. The Kier molecular flexibility index (Phi) is 3.71. The maximum atomic E-state index is 11.6. The summed E-state index contributed by atoms with van der Waals surface area (Å²) in [5.74, 6) is 0.253. The molecule has 3 N–H and O–H groups in total. The van der Waals surface area contributed by atoms with Gasteiger partial charge in [0, 0.05) is 6.08 Å². The minimum Gasteiger partial charge on any atom is -0.397 e. The van der Waals surface area contributed by atoms with Gasteiger partial charge in [-0.25, -0.2) is 4.98 Å². The van der Waals surface area contributed by atoms with E-state index in [1.807, 2.05) is 30.3 Å². The van der Waals surface area contributed by atoms with E-state index < -0.39 is 0 Å². The van der Waals surface area contributed by atoms with Crippen LogP contribution in [0.2, 0.25) is 0 Å². The number of anilines is 2. The standard InChI is InChI=1S/C14H13N3O/c15-12-7-8-13(16-10-12)17-14(18)9-6-11-4-2-1-3-5-11/h1-10H,15H2,(H,16,17,18)/b9-6+. The van der Waals surface area contributed by atoms with Crippen LogP contribution in [0.5, 0.6) is 0 Å². The van der Waals surface area contributed by atoms with Crippen molar-refractivity contribution in [2.24, 2.45) is 0 Å². The van der Waals surface area contributed by atoms with Crippen LogP contribution in [0.1, 0.15) is 5.56 Å². The summed E-state index contributed by atoms with van der Waals surface area (Å²) in [6.45, 7) is 0. The first-order chi connectivity index (χ1) is 8.74. The number of nitrogens with one attached hydrogen (secondary N) is 1. The lowest BCUT2D eigenvalue weighted by molar-refractivity contribution is -0.111. The van der Waals surface area contributed by atoms with Crippen molar-refractivity contribution in [3.63, 3.8) is 0 Å². The molecule has 0 atom stereocenters. The molecule has 1 amide bonds. The smallest absolute Gasteiger partial charge is 0.249 e. The van der Waals surface area contributed by atoms with E-state index in [4.69, 9.17) is 5.73 Å². The molecule has 0 aliphatic rings. The van der Waals surface area contributed by atoms with Gasteiger partial charge in [0.2, 0.25) is 5.91 Å². The number of aromatic nitrogens is 1. The Bertz CT molecular complexity index is 547. The number of pyridine rings is 1. The van der Waals surface area contributed by atoms with E-state index in [-0.39, 0.29) is 5.91 Å². The van der Waals surface area contributed by atoms with Crippen LogP contribution < -0.4 is 11.1 Å². The molecule has 0 aliphatic heterocycles. The molecule has 0 spiro atoms. The summed E-state index contributed by atoms with van der Waals surface area (Å²) >= 11 is 0. The van der Waals surface area contributed by atoms with Crippen LogP contribution in [-0.2, 0) is 4.79 Å².